The van der Waals surface area contributed by atoms with Gasteiger partial charge in [-0.1, -0.05) is 31.4 Å². The first kappa shape index (κ1) is 11.8. The second-order valence-corrected chi connectivity index (χ2v) is 2.88. The summed E-state index contributed by atoms with van der Waals surface area (Å²) in [6.07, 6.45) is 7.64. The van der Waals surface area contributed by atoms with Crippen LogP contribution >= 0.6 is 0 Å². The van der Waals surface area contributed by atoms with Crippen molar-refractivity contribution in [3.8, 4) is 0 Å². The Morgan fingerprint density at radius 1 is 1.38 bits per heavy atom. The van der Waals surface area contributed by atoms with Crippen LogP contribution in [-0.4, -0.2) is 18.5 Å². The minimum absolute atomic E-state index is 0.988. The van der Waals surface area contributed by atoms with Crippen LogP contribution in [0.15, 0.2) is 48.7 Å². The summed E-state index contributed by atoms with van der Waals surface area (Å²) in [5.41, 5.74) is 2.37. The molecule has 72 valence electrons. The molecule has 0 unspecified atom stereocenters. The average molecular weight is 177 g/mol. The Morgan fingerprint density at radius 2 is 2.00 bits per heavy atom. The van der Waals surface area contributed by atoms with Crippen molar-refractivity contribution in [1.29, 1.82) is 0 Å². The summed E-state index contributed by atoms with van der Waals surface area (Å²) < 4.78 is 0. The van der Waals surface area contributed by atoms with Crippen molar-refractivity contribution in [2.45, 2.75) is 13.8 Å². The molecule has 0 aromatic heterocycles. The summed E-state index contributed by atoms with van der Waals surface area (Å²) in [7, 11) is 2.07. The minimum atomic E-state index is 0.988. The Morgan fingerprint density at radius 3 is 2.38 bits per heavy atom. The quantitative estimate of drug-likeness (QED) is 0.583. The van der Waals surface area contributed by atoms with Crippen LogP contribution in [0.25, 0.3) is 0 Å². The number of likely N-dealkylation sites (N-methyl/N-ethyl adjacent to an activating group) is 1. The van der Waals surface area contributed by atoms with Crippen molar-refractivity contribution in [3.05, 3.63) is 48.7 Å². The van der Waals surface area contributed by atoms with Gasteiger partial charge in [-0.3, -0.25) is 0 Å². The molecule has 1 nitrogen and oxygen atoms in total. The van der Waals surface area contributed by atoms with E-state index in [9.17, 15) is 0 Å². The maximum absolute atomic E-state index is 3.76. The SMILES string of the molecule is C=C/C=C\C(=C(/C)C=C)N(C)CC. The highest BCUT2D eigenvalue weighted by Gasteiger charge is 1.99. The van der Waals surface area contributed by atoms with Gasteiger partial charge in [0.25, 0.3) is 0 Å². The number of hydrogen-bond donors (Lipinski definition) is 0. The molecule has 0 amide bonds. The molecule has 0 bridgehead atoms. The topological polar surface area (TPSA) is 3.24 Å². The molecule has 0 spiro atoms. The molecule has 0 aromatic carbocycles. The fourth-order valence-electron chi connectivity index (χ4n) is 0.994. The smallest absolute Gasteiger partial charge is 0.0392 e. The van der Waals surface area contributed by atoms with E-state index in [-0.39, 0.29) is 0 Å². The standard InChI is InChI=1S/C12H19N/c1-6-9-10-12(11(4)7-2)13(5)8-3/h6-7,9-10H,1-2,8H2,3-5H3/b10-9-,12-11-. The zero-order valence-electron chi connectivity index (χ0n) is 8.88. The Bertz CT molecular complexity index is 234. The molecule has 0 aliphatic rings. The van der Waals surface area contributed by atoms with Crippen LogP contribution in [0.1, 0.15) is 13.8 Å². The van der Waals surface area contributed by atoms with E-state index in [1.54, 1.807) is 6.08 Å². The first-order chi connectivity index (χ1) is 6.17. The molecule has 0 aliphatic carbocycles. The molecule has 0 heterocycles. The second kappa shape index (κ2) is 6.30. The van der Waals surface area contributed by atoms with Gasteiger partial charge < -0.3 is 4.90 Å². The molecule has 0 saturated carbocycles. The summed E-state index contributed by atoms with van der Waals surface area (Å²) in [6, 6.07) is 0. The minimum Gasteiger partial charge on any atom is -0.375 e. The zero-order chi connectivity index (χ0) is 10.3. The van der Waals surface area contributed by atoms with Crippen LogP contribution in [0.5, 0.6) is 0 Å². The lowest BCUT2D eigenvalue weighted by Crippen LogP contribution is -2.16. The van der Waals surface area contributed by atoms with E-state index in [1.165, 1.54) is 11.3 Å². The van der Waals surface area contributed by atoms with E-state index in [0.29, 0.717) is 0 Å². The van der Waals surface area contributed by atoms with E-state index >= 15 is 0 Å². The van der Waals surface area contributed by atoms with E-state index < -0.39 is 0 Å². The van der Waals surface area contributed by atoms with E-state index in [0.717, 1.165) is 6.54 Å². The predicted octanol–water partition coefficient (Wildman–Crippen LogP) is 3.14. The normalized spacial score (nSPS) is 12.5. The fourth-order valence-corrected chi connectivity index (χ4v) is 0.994. The summed E-state index contributed by atoms with van der Waals surface area (Å²) in [5, 5.41) is 0. The van der Waals surface area contributed by atoms with Crippen molar-refractivity contribution in [2.75, 3.05) is 13.6 Å². The Hall–Kier alpha value is -1.24. The Kier molecular flexibility index (Phi) is 5.69. The van der Waals surface area contributed by atoms with Crippen LogP contribution in [0.2, 0.25) is 0 Å². The highest BCUT2D eigenvalue weighted by atomic mass is 15.1. The van der Waals surface area contributed by atoms with Gasteiger partial charge in [0.1, 0.15) is 0 Å². The van der Waals surface area contributed by atoms with Gasteiger partial charge in [-0.25, -0.2) is 0 Å². The highest BCUT2D eigenvalue weighted by molar-refractivity contribution is 5.30. The average Bonchev–Trinajstić information content (AvgIpc) is 2.17. The highest BCUT2D eigenvalue weighted by Crippen LogP contribution is 2.10. The lowest BCUT2D eigenvalue weighted by molar-refractivity contribution is 0.452. The van der Waals surface area contributed by atoms with E-state index in [1.807, 2.05) is 18.2 Å². The van der Waals surface area contributed by atoms with Gasteiger partial charge >= 0.3 is 0 Å². The largest absolute Gasteiger partial charge is 0.375 e. The number of hydrogen-bond acceptors (Lipinski definition) is 1. The molecule has 0 aliphatic heterocycles. The zero-order valence-corrected chi connectivity index (χ0v) is 8.88. The van der Waals surface area contributed by atoms with Gasteiger partial charge in [0.15, 0.2) is 0 Å². The molecule has 0 rings (SSSR count). The number of rotatable bonds is 5. The molecule has 0 atom stereocenters. The molecule has 13 heavy (non-hydrogen) atoms. The van der Waals surface area contributed by atoms with Crippen molar-refractivity contribution in [3.63, 3.8) is 0 Å². The molecular formula is C12H19N. The van der Waals surface area contributed by atoms with Crippen molar-refractivity contribution >= 4 is 0 Å². The van der Waals surface area contributed by atoms with Gasteiger partial charge in [0, 0.05) is 19.3 Å². The molecule has 0 fully saturated rings. The molecule has 0 saturated heterocycles. The van der Waals surface area contributed by atoms with Crippen LogP contribution in [0.3, 0.4) is 0 Å². The van der Waals surface area contributed by atoms with Gasteiger partial charge in [-0.05, 0) is 25.5 Å². The molecule has 0 N–H and O–H groups in total. The van der Waals surface area contributed by atoms with Gasteiger partial charge in [0.05, 0.1) is 0 Å². The number of nitrogens with zero attached hydrogens (tertiary/aromatic N) is 1. The summed E-state index contributed by atoms with van der Waals surface area (Å²) in [4.78, 5) is 2.18. The predicted molar refractivity (Wildman–Crippen MR) is 60.5 cm³/mol. The Balaban J connectivity index is 4.84. The van der Waals surface area contributed by atoms with Crippen LogP contribution in [0, 0.1) is 0 Å². The monoisotopic (exact) mass is 177 g/mol. The lowest BCUT2D eigenvalue weighted by Gasteiger charge is -2.19. The number of allylic oxidation sites excluding steroid dienone is 5. The maximum Gasteiger partial charge on any atom is 0.0392 e. The third-order valence-electron chi connectivity index (χ3n) is 1.99. The first-order valence-corrected chi connectivity index (χ1v) is 4.50. The van der Waals surface area contributed by atoms with Crippen molar-refractivity contribution in [2.24, 2.45) is 0 Å². The van der Waals surface area contributed by atoms with Gasteiger partial charge in [-0.2, -0.15) is 0 Å². The van der Waals surface area contributed by atoms with Crippen LogP contribution in [0.4, 0.5) is 0 Å². The lowest BCUT2D eigenvalue weighted by atomic mass is 10.2. The summed E-state index contributed by atoms with van der Waals surface area (Å²) in [6.45, 7) is 12.6. The van der Waals surface area contributed by atoms with E-state index in [2.05, 4.69) is 39.0 Å². The van der Waals surface area contributed by atoms with Crippen molar-refractivity contribution < 1.29 is 0 Å². The molecular weight excluding hydrogens is 158 g/mol. The maximum atomic E-state index is 3.76. The third-order valence-corrected chi connectivity index (χ3v) is 1.99. The third kappa shape index (κ3) is 3.79. The van der Waals surface area contributed by atoms with Crippen LogP contribution in [-0.2, 0) is 0 Å². The molecule has 0 radical (unpaired) electrons. The van der Waals surface area contributed by atoms with E-state index in [4.69, 9.17) is 0 Å². The fraction of sp³-hybridized carbons (Fsp3) is 0.333. The summed E-state index contributed by atoms with van der Waals surface area (Å²) >= 11 is 0. The molecule has 0 aromatic rings. The molecule has 1 heteroatoms. The second-order valence-electron chi connectivity index (χ2n) is 2.88. The first-order valence-electron chi connectivity index (χ1n) is 4.50. The van der Waals surface area contributed by atoms with Gasteiger partial charge in [-0.15, -0.1) is 0 Å². The Labute approximate surface area is 81.8 Å². The van der Waals surface area contributed by atoms with Gasteiger partial charge in [0.2, 0.25) is 0 Å². The van der Waals surface area contributed by atoms with Crippen molar-refractivity contribution in [1.82, 2.24) is 4.90 Å². The summed E-state index contributed by atoms with van der Waals surface area (Å²) in [5.74, 6) is 0. The van der Waals surface area contributed by atoms with Crippen LogP contribution < -0.4 is 0 Å².